The Labute approximate surface area is 239 Å². The summed E-state index contributed by atoms with van der Waals surface area (Å²) in [6.07, 6.45) is 0. The Morgan fingerprint density at radius 1 is 0.976 bits per heavy atom. The third-order valence-electron chi connectivity index (χ3n) is 8.55. The number of carbonyl (C=O) groups is 2. The number of rotatable bonds is 4. The maximum Gasteiger partial charge on any atom is 0.334 e. The van der Waals surface area contributed by atoms with Crippen molar-refractivity contribution in [3.63, 3.8) is 0 Å². The van der Waals surface area contributed by atoms with Gasteiger partial charge in [-0.2, -0.15) is 0 Å². The van der Waals surface area contributed by atoms with E-state index in [0.717, 1.165) is 5.56 Å². The highest BCUT2D eigenvalue weighted by atomic mass is 32.1. The average molecular weight is 566 g/mol. The van der Waals surface area contributed by atoms with E-state index in [2.05, 4.69) is 10.5 Å². The summed E-state index contributed by atoms with van der Waals surface area (Å²) >= 11 is 5.99. The Hall–Kier alpha value is -4.90. The van der Waals surface area contributed by atoms with Gasteiger partial charge in [-0.3, -0.25) is 19.7 Å². The lowest BCUT2D eigenvalue weighted by Gasteiger charge is -2.34. The molecule has 41 heavy (non-hydrogen) atoms. The SMILES string of the molecule is Cc1noc([C@H]2[C@]3(C(=O)N(C)c4ccccc43)C(=S)N[C@]23C(=O)N(Cc2ccccc2)c2ccccc23)c1[N+](=O)[O-]. The van der Waals surface area contributed by atoms with Gasteiger partial charge >= 0.3 is 5.69 Å². The van der Waals surface area contributed by atoms with Gasteiger partial charge in [-0.05, 0) is 30.2 Å². The first-order valence-corrected chi connectivity index (χ1v) is 13.4. The van der Waals surface area contributed by atoms with Crippen LogP contribution in [0, 0.1) is 17.0 Å². The van der Waals surface area contributed by atoms with Crippen molar-refractivity contribution >= 4 is 46.1 Å². The molecule has 3 aliphatic heterocycles. The van der Waals surface area contributed by atoms with Crippen LogP contribution in [0.1, 0.15) is 34.1 Å². The normalized spacial score (nSPS) is 24.3. The van der Waals surface area contributed by atoms with E-state index in [9.17, 15) is 19.7 Å². The van der Waals surface area contributed by atoms with Gasteiger partial charge in [-0.15, -0.1) is 0 Å². The largest absolute Gasteiger partial charge is 0.360 e. The van der Waals surface area contributed by atoms with Crippen molar-refractivity contribution in [1.29, 1.82) is 0 Å². The van der Waals surface area contributed by atoms with E-state index >= 15 is 0 Å². The summed E-state index contributed by atoms with van der Waals surface area (Å²) in [7, 11) is 1.63. The zero-order chi connectivity index (χ0) is 28.7. The number of nitrogens with one attached hydrogen (secondary N) is 1. The minimum atomic E-state index is -1.69. The Morgan fingerprint density at radius 3 is 2.32 bits per heavy atom. The van der Waals surface area contributed by atoms with Gasteiger partial charge in [0, 0.05) is 18.3 Å². The van der Waals surface area contributed by atoms with Crippen LogP contribution in [0.3, 0.4) is 0 Å². The molecule has 4 heterocycles. The summed E-state index contributed by atoms with van der Waals surface area (Å²) in [6, 6.07) is 23.9. The number of fused-ring (bicyclic) bond motifs is 4. The Morgan fingerprint density at radius 2 is 1.61 bits per heavy atom. The van der Waals surface area contributed by atoms with Crippen LogP contribution in [0.5, 0.6) is 0 Å². The number of anilines is 2. The quantitative estimate of drug-likeness (QED) is 0.221. The summed E-state index contributed by atoms with van der Waals surface area (Å²) in [5, 5.41) is 19.7. The molecule has 0 saturated carbocycles. The molecule has 2 amide bonds. The molecule has 3 aliphatic rings. The van der Waals surface area contributed by atoms with E-state index in [1.807, 2.05) is 42.5 Å². The Balaban J connectivity index is 1.56. The highest BCUT2D eigenvalue weighted by molar-refractivity contribution is 7.80. The van der Waals surface area contributed by atoms with Gasteiger partial charge in [-0.25, -0.2) is 0 Å². The maximum absolute atomic E-state index is 14.9. The van der Waals surface area contributed by atoms with Crippen molar-refractivity contribution < 1.29 is 19.0 Å². The van der Waals surface area contributed by atoms with Crippen LogP contribution in [0.2, 0.25) is 0 Å². The average Bonchev–Trinajstić information content (AvgIpc) is 3.63. The first kappa shape index (κ1) is 25.1. The number of benzene rings is 3. The van der Waals surface area contributed by atoms with E-state index in [1.54, 1.807) is 48.3 Å². The van der Waals surface area contributed by atoms with Crippen LogP contribution in [0.15, 0.2) is 83.4 Å². The number of hydrogen-bond donors (Lipinski definition) is 1. The number of aromatic nitrogens is 1. The standard InChI is InChI=1S/C30H23N5O5S/c1-17-23(35(38)39)24(40-32-17)25-29(19-12-6-8-14-21(19)33(2)27(29)36)26(41)31-30(25)20-13-7-9-15-22(20)34(28(30)37)16-18-10-4-3-5-11-18/h3-15,25H,16H2,1-2H3,(H,31,41)/t25-,29-,30-/m0/s1. The van der Waals surface area contributed by atoms with Crippen molar-refractivity contribution in [2.24, 2.45) is 0 Å². The molecule has 204 valence electrons. The number of para-hydroxylation sites is 2. The topological polar surface area (TPSA) is 122 Å². The van der Waals surface area contributed by atoms with Crippen molar-refractivity contribution in [1.82, 2.24) is 10.5 Å². The molecular weight excluding hydrogens is 542 g/mol. The van der Waals surface area contributed by atoms with Gasteiger partial charge < -0.3 is 19.6 Å². The molecule has 0 bridgehead atoms. The molecule has 3 atom stereocenters. The molecule has 0 radical (unpaired) electrons. The third-order valence-corrected chi connectivity index (χ3v) is 8.98. The summed E-state index contributed by atoms with van der Waals surface area (Å²) in [4.78, 5) is 44.4. The fourth-order valence-electron chi connectivity index (χ4n) is 6.88. The van der Waals surface area contributed by atoms with Crippen molar-refractivity contribution in [2.45, 2.75) is 30.3 Å². The minimum absolute atomic E-state index is 0.0417. The molecule has 11 heteroatoms. The molecular formula is C30H23N5O5S. The predicted molar refractivity (Wildman–Crippen MR) is 154 cm³/mol. The number of thiocarbonyl (C=S) groups is 1. The van der Waals surface area contributed by atoms with Crippen LogP contribution < -0.4 is 15.1 Å². The summed E-state index contributed by atoms with van der Waals surface area (Å²) in [5.41, 5.74) is -0.492. The minimum Gasteiger partial charge on any atom is -0.360 e. The lowest BCUT2D eigenvalue weighted by molar-refractivity contribution is -0.386. The van der Waals surface area contributed by atoms with E-state index in [4.69, 9.17) is 16.7 Å². The number of aryl methyl sites for hydroxylation is 1. The number of carbonyl (C=O) groups excluding carboxylic acids is 2. The third kappa shape index (κ3) is 3.01. The van der Waals surface area contributed by atoms with Gasteiger partial charge in [0.15, 0.2) is 11.2 Å². The highest BCUT2D eigenvalue weighted by Crippen LogP contribution is 2.64. The molecule has 1 fully saturated rings. The molecule has 4 aromatic rings. The van der Waals surface area contributed by atoms with E-state index in [1.165, 1.54) is 11.8 Å². The van der Waals surface area contributed by atoms with E-state index < -0.39 is 33.6 Å². The molecule has 1 N–H and O–H groups in total. The fraction of sp³-hybridized carbons (Fsp3) is 0.200. The monoisotopic (exact) mass is 565 g/mol. The molecule has 0 aliphatic carbocycles. The number of nitro groups is 1. The lowest BCUT2D eigenvalue weighted by atomic mass is 9.63. The second-order valence-corrected chi connectivity index (χ2v) is 10.9. The number of hydrogen-bond acceptors (Lipinski definition) is 7. The first-order valence-electron chi connectivity index (χ1n) is 13.0. The van der Waals surface area contributed by atoms with Gasteiger partial charge in [-0.1, -0.05) is 84.1 Å². The van der Waals surface area contributed by atoms with Crippen molar-refractivity contribution in [3.05, 3.63) is 117 Å². The van der Waals surface area contributed by atoms with Crippen molar-refractivity contribution in [3.8, 4) is 0 Å². The summed E-state index contributed by atoms with van der Waals surface area (Å²) in [6.45, 7) is 1.71. The van der Waals surface area contributed by atoms with Gasteiger partial charge in [0.25, 0.3) is 5.91 Å². The number of likely N-dealkylation sites (N-methyl/N-ethyl adjacent to an activating group) is 1. The fourth-order valence-corrected chi connectivity index (χ4v) is 7.36. The predicted octanol–water partition coefficient (Wildman–Crippen LogP) is 4.26. The summed E-state index contributed by atoms with van der Waals surface area (Å²) in [5.74, 6) is -2.23. The number of nitrogens with zero attached hydrogens (tertiary/aromatic N) is 4. The van der Waals surface area contributed by atoms with Gasteiger partial charge in [0.05, 0.1) is 28.1 Å². The lowest BCUT2D eigenvalue weighted by Crippen LogP contribution is -2.52. The second kappa shape index (κ2) is 8.55. The molecule has 3 aromatic carbocycles. The first-order chi connectivity index (χ1) is 19.7. The highest BCUT2D eigenvalue weighted by Gasteiger charge is 2.76. The van der Waals surface area contributed by atoms with Crippen LogP contribution in [-0.4, -0.2) is 33.9 Å². The van der Waals surface area contributed by atoms with E-state index in [0.29, 0.717) is 22.5 Å². The maximum atomic E-state index is 14.9. The van der Waals surface area contributed by atoms with Crippen LogP contribution in [0.25, 0.3) is 0 Å². The van der Waals surface area contributed by atoms with E-state index in [-0.39, 0.29) is 28.7 Å². The second-order valence-electron chi connectivity index (χ2n) is 10.5. The molecule has 10 nitrogen and oxygen atoms in total. The van der Waals surface area contributed by atoms with Crippen LogP contribution >= 0.6 is 12.2 Å². The van der Waals surface area contributed by atoms with Crippen molar-refractivity contribution in [2.75, 3.05) is 16.8 Å². The molecule has 1 aromatic heterocycles. The molecule has 7 rings (SSSR count). The zero-order valence-electron chi connectivity index (χ0n) is 22.0. The van der Waals surface area contributed by atoms with Crippen LogP contribution in [0.4, 0.5) is 17.1 Å². The molecule has 1 saturated heterocycles. The Bertz CT molecular complexity index is 1810. The summed E-state index contributed by atoms with van der Waals surface area (Å²) < 4.78 is 5.75. The van der Waals surface area contributed by atoms with Crippen LogP contribution in [-0.2, 0) is 27.1 Å². The smallest absolute Gasteiger partial charge is 0.334 e. The zero-order valence-corrected chi connectivity index (χ0v) is 22.8. The molecule has 2 spiro atoms. The number of amides is 2. The van der Waals surface area contributed by atoms with Gasteiger partial charge in [0.2, 0.25) is 11.7 Å². The molecule has 0 unspecified atom stereocenters. The Kier molecular flexibility index (Phi) is 5.23. The van der Waals surface area contributed by atoms with Gasteiger partial charge in [0.1, 0.15) is 5.41 Å².